The molecule has 0 saturated carbocycles. The lowest BCUT2D eigenvalue weighted by molar-refractivity contribution is -0.144. The van der Waals surface area contributed by atoms with Gasteiger partial charge in [-0.15, -0.1) is 0 Å². The molecule has 0 aliphatic heterocycles. The average Bonchev–Trinajstić information content (AvgIpc) is 2.63. The van der Waals surface area contributed by atoms with Crippen molar-refractivity contribution >= 4 is 16.7 Å². The van der Waals surface area contributed by atoms with Gasteiger partial charge in [0.2, 0.25) is 11.0 Å². The van der Waals surface area contributed by atoms with Crippen molar-refractivity contribution in [3.63, 3.8) is 0 Å². The Morgan fingerprint density at radius 3 is 2.44 bits per heavy atom. The van der Waals surface area contributed by atoms with Crippen LogP contribution in [0.5, 0.6) is 0 Å². The maximum atomic E-state index is 12.2. The predicted octanol–water partition coefficient (Wildman–Crippen LogP) is 1.99. The summed E-state index contributed by atoms with van der Waals surface area (Å²) in [6.45, 7) is 3.83. The fourth-order valence-corrected chi connectivity index (χ4v) is 1.36. The van der Waals surface area contributed by atoms with Crippen molar-refractivity contribution in [1.82, 2.24) is 9.36 Å². The second-order valence-corrected chi connectivity index (χ2v) is 4.85. The summed E-state index contributed by atoms with van der Waals surface area (Å²) < 4.78 is 39.7. The molecule has 16 heavy (non-hydrogen) atoms. The highest BCUT2D eigenvalue weighted by molar-refractivity contribution is 7.09. The fraction of sp³-hybridized carbons (Fsp3) is 0.750. The maximum absolute atomic E-state index is 12.2. The molecule has 0 saturated heterocycles. The van der Waals surface area contributed by atoms with Crippen molar-refractivity contribution in [3.8, 4) is 0 Å². The van der Waals surface area contributed by atoms with E-state index in [1.54, 1.807) is 13.8 Å². The fourth-order valence-electron chi connectivity index (χ4n) is 0.781. The van der Waals surface area contributed by atoms with E-state index in [9.17, 15) is 13.2 Å². The highest BCUT2D eigenvalue weighted by Gasteiger charge is 2.36. The van der Waals surface area contributed by atoms with Gasteiger partial charge in [0.25, 0.3) is 0 Å². The lowest BCUT2D eigenvalue weighted by Gasteiger charge is -2.21. The number of alkyl halides is 3. The summed E-state index contributed by atoms with van der Waals surface area (Å²) in [6, 6.07) is 0. The molecule has 1 heterocycles. The van der Waals surface area contributed by atoms with Crippen LogP contribution in [0.3, 0.4) is 0 Å². The molecule has 0 aliphatic carbocycles. The minimum atomic E-state index is -4.51. The summed E-state index contributed by atoms with van der Waals surface area (Å²) in [6.07, 6.45) is -4.51. The van der Waals surface area contributed by atoms with E-state index >= 15 is 0 Å². The first-order chi connectivity index (χ1) is 7.24. The van der Waals surface area contributed by atoms with Crippen LogP contribution in [0.4, 0.5) is 18.3 Å². The molecule has 0 amide bonds. The molecule has 4 nitrogen and oxygen atoms in total. The van der Waals surface area contributed by atoms with Crippen LogP contribution in [0.1, 0.15) is 19.7 Å². The Hall–Kier alpha value is -0.890. The van der Waals surface area contributed by atoms with E-state index in [1.165, 1.54) is 0 Å². The van der Waals surface area contributed by atoms with Gasteiger partial charge in [0, 0.05) is 30.1 Å². The molecule has 0 unspecified atom stereocenters. The largest absolute Gasteiger partial charge is 0.452 e. The lowest BCUT2D eigenvalue weighted by Crippen LogP contribution is -2.26. The van der Waals surface area contributed by atoms with E-state index in [-0.39, 0.29) is 11.7 Å². The Balaban J connectivity index is 2.60. The summed E-state index contributed by atoms with van der Waals surface area (Å²) in [7, 11) is 0. The predicted molar refractivity (Wildman–Crippen MR) is 54.3 cm³/mol. The van der Waals surface area contributed by atoms with Crippen LogP contribution in [0.25, 0.3) is 0 Å². The topological polar surface area (TPSA) is 58.0 Å². The van der Waals surface area contributed by atoms with Gasteiger partial charge >= 0.3 is 6.18 Å². The number of anilines is 1. The van der Waals surface area contributed by atoms with Crippen LogP contribution in [-0.2, 0) is 6.18 Å². The standard InChI is InChI=1S/C8H12F3N3OS/c1-7(2,4-15)3-12-6-13-5(14-16-6)8(9,10)11/h15H,3-4H2,1-2H3,(H,12,13,14). The highest BCUT2D eigenvalue weighted by atomic mass is 32.1. The first-order valence-electron chi connectivity index (χ1n) is 4.50. The Labute approximate surface area is 94.7 Å². The van der Waals surface area contributed by atoms with Gasteiger partial charge < -0.3 is 10.4 Å². The van der Waals surface area contributed by atoms with Gasteiger partial charge in [-0.25, -0.2) is 0 Å². The van der Waals surface area contributed by atoms with Crippen LogP contribution in [0.15, 0.2) is 0 Å². The quantitative estimate of drug-likeness (QED) is 0.863. The molecule has 0 bridgehead atoms. The van der Waals surface area contributed by atoms with E-state index in [1.807, 2.05) is 0 Å². The van der Waals surface area contributed by atoms with Crippen LogP contribution >= 0.6 is 11.5 Å². The van der Waals surface area contributed by atoms with Gasteiger partial charge in [-0.2, -0.15) is 22.5 Å². The van der Waals surface area contributed by atoms with Gasteiger partial charge in [0.15, 0.2) is 0 Å². The Bertz CT molecular complexity index is 351. The van der Waals surface area contributed by atoms with Crippen molar-refractivity contribution in [2.75, 3.05) is 18.5 Å². The number of hydrogen-bond acceptors (Lipinski definition) is 5. The van der Waals surface area contributed by atoms with E-state index in [4.69, 9.17) is 5.11 Å². The number of aliphatic hydroxyl groups is 1. The number of aromatic nitrogens is 2. The molecule has 8 heteroatoms. The number of nitrogens with one attached hydrogen (secondary N) is 1. The number of rotatable bonds is 4. The minimum absolute atomic E-state index is 0.0646. The van der Waals surface area contributed by atoms with Crippen LogP contribution < -0.4 is 5.32 Å². The molecule has 0 aliphatic rings. The van der Waals surface area contributed by atoms with E-state index < -0.39 is 17.4 Å². The molecule has 0 spiro atoms. The lowest BCUT2D eigenvalue weighted by atomic mass is 9.95. The monoisotopic (exact) mass is 255 g/mol. The summed E-state index contributed by atoms with van der Waals surface area (Å²) in [5.74, 6) is -1.14. The molecule has 0 fully saturated rings. The molecule has 0 aromatic carbocycles. The number of hydrogen-bond donors (Lipinski definition) is 2. The smallest absolute Gasteiger partial charge is 0.396 e. The van der Waals surface area contributed by atoms with Gasteiger partial charge in [0.05, 0.1) is 0 Å². The molecule has 1 aromatic rings. The Morgan fingerprint density at radius 2 is 2.00 bits per heavy atom. The zero-order chi connectivity index (χ0) is 12.4. The van der Waals surface area contributed by atoms with E-state index in [0.717, 1.165) is 0 Å². The molecule has 2 N–H and O–H groups in total. The molecule has 0 radical (unpaired) electrons. The first kappa shape index (κ1) is 13.2. The second kappa shape index (κ2) is 4.54. The third-order valence-electron chi connectivity index (χ3n) is 1.83. The summed E-state index contributed by atoms with van der Waals surface area (Å²) in [4.78, 5) is 3.31. The summed E-state index contributed by atoms with van der Waals surface area (Å²) >= 11 is 0.654. The minimum Gasteiger partial charge on any atom is -0.396 e. The van der Waals surface area contributed by atoms with Crippen molar-refractivity contribution in [2.24, 2.45) is 5.41 Å². The second-order valence-electron chi connectivity index (χ2n) is 4.10. The molecule has 0 atom stereocenters. The van der Waals surface area contributed by atoms with Crippen molar-refractivity contribution < 1.29 is 18.3 Å². The maximum Gasteiger partial charge on any atom is 0.452 e. The van der Waals surface area contributed by atoms with Gasteiger partial charge in [0.1, 0.15) is 0 Å². The van der Waals surface area contributed by atoms with Crippen molar-refractivity contribution in [3.05, 3.63) is 5.82 Å². The molecule has 1 aromatic heterocycles. The molecule has 92 valence electrons. The highest BCUT2D eigenvalue weighted by Crippen LogP contribution is 2.29. The van der Waals surface area contributed by atoms with Crippen LogP contribution in [-0.4, -0.2) is 27.6 Å². The third-order valence-corrected chi connectivity index (χ3v) is 2.50. The number of halogens is 3. The van der Waals surface area contributed by atoms with Crippen LogP contribution in [0, 0.1) is 5.41 Å². The van der Waals surface area contributed by atoms with Crippen molar-refractivity contribution in [2.45, 2.75) is 20.0 Å². The molecular weight excluding hydrogens is 243 g/mol. The van der Waals surface area contributed by atoms with Gasteiger partial charge in [-0.05, 0) is 0 Å². The van der Waals surface area contributed by atoms with E-state index in [0.29, 0.717) is 18.1 Å². The normalized spacial score (nSPS) is 12.9. The first-order valence-corrected chi connectivity index (χ1v) is 5.27. The zero-order valence-corrected chi connectivity index (χ0v) is 9.61. The number of nitrogens with zero attached hydrogens (tertiary/aromatic N) is 2. The SMILES string of the molecule is CC(C)(CO)CNc1nc(C(F)(F)F)ns1. The van der Waals surface area contributed by atoms with E-state index in [2.05, 4.69) is 14.7 Å². The zero-order valence-electron chi connectivity index (χ0n) is 8.80. The summed E-state index contributed by atoms with van der Waals surface area (Å²) in [5.41, 5.74) is -0.413. The Kier molecular flexibility index (Phi) is 3.74. The molecule has 1 rings (SSSR count). The van der Waals surface area contributed by atoms with Crippen LogP contribution in [0.2, 0.25) is 0 Å². The summed E-state index contributed by atoms with van der Waals surface area (Å²) in [5, 5.41) is 11.8. The average molecular weight is 255 g/mol. The number of aliphatic hydroxyl groups excluding tert-OH is 1. The third kappa shape index (κ3) is 3.60. The van der Waals surface area contributed by atoms with Gasteiger partial charge in [-0.1, -0.05) is 13.8 Å². The van der Waals surface area contributed by atoms with Crippen molar-refractivity contribution in [1.29, 1.82) is 0 Å². The van der Waals surface area contributed by atoms with Gasteiger partial charge in [-0.3, -0.25) is 0 Å². The molecular formula is C8H12F3N3OS. The Morgan fingerprint density at radius 1 is 1.38 bits per heavy atom.